The van der Waals surface area contributed by atoms with Gasteiger partial charge in [-0.3, -0.25) is 19.3 Å². The molecule has 26 heavy (non-hydrogen) atoms. The minimum Gasteiger partial charge on any atom is -0.394 e. The maximum absolute atomic E-state index is 12.5. The predicted octanol–water partition coefficient (Wildman–Crippen LogP) is -1.94. The standard InChI is InChI=1S/C16H26N4O6/c1-4-17-14(19(5-2)6-3)16(13(24)12(23)10(9-21)26-16)20-8-7-11(22)18-15(20)25/h7-8,10,12-13,21,23-24H,4-6,9H2,1-3H3,(H,18,22,25)/t10-,12-,13-,16+/m1/s1. The molecule has 4 N–H and O–H groups in total. The Morgan fingerprint density at radius 1 is 1.35 bits per heavy atom. The van der Waals surface area contributed by atoms with E-state index in [0.717, 1.165) is 10.6 Å². The van der Waals surface area contributed by atoms with Crippen LogP contribution < -0.4 is 11.2 Å². The SMILES string of the molecule is CCN=C(N(CC)CC)[C@@]1(n2ccc(=O)[nH]c2=O)O[C@H](CO)[C@@H](O)[C@H]1O. The molecular weight excluding hydrogens is 344 g/mol. The summed E-state index contributed by atoms with van der Waals surface area (Å²) in [5, 5.41) is 30.7. The van der Waals surface area contributed by atoms with Crippen LogP contribution in [0.15, 0.2) is 26.8 Å². The Morgan fingerprint density at radius 3 is 2.46 bits per heavy atom. The van der Waals surface area contributed by atoms with Crippen LogP contribution >= 0.6 is 0 Å². The van der Waals surface area contributed by atoms with Crippen molar-refractivity contribution in [1.29, 1.82) is 0 Å². The Hall–Kier alpha value is -2.01. The van der Waals surface area contributed by atoms with Crippen LogP contribution in [0.1, 0.15) is 20.8 Å². The quantitative estimate of drug-likeness (QED) is 0.337. The maximum atomic E-state index is 12.5. The fourth-order valence-corrected chi connectivity index (χ4v) is 3.23. The number of aliphatic hydroxyl groups is 3. The lowest BCUT2D eigenvalue weighted by atomic mass is 9.99. The third-order valence-corrected chi connectivity index (χ3v) is 4.49. The number of amidine groups is 1. The summed E-state index contributed by atoms with van der Waals surface area (Å²) in [5.41, 5.74) is -3.31. The molecule has 10 nitrogen and oxygen atoms in total. The van der Waals surface area contributed by atoms with Crippen molar-refractivity contribution in [2.75, 3.05) is 26.2 Å². The van der Waals surface area contributed by atoms with Gasteiger partial charge in [0.1, 0.15) is 18.3 Å². The van der Waals surface area contributed by atoms with Crippen LogP contribution in [-0.2, 0) is 10.5 Å². The van der Waals surface area contributed by atoms with Gasteiger partial charge >= 0.3 is 5.69 Å². The molecule has 2 rings (SSSR count). The summed E-state index contributed by atoms with van der Waals surface area (Å²) in [5.74, 6) is 0.238. The predicted molar refractivity (Wildman–Crippen MR) is 94.2 cm³/mol. The minimum atomic E-state index is -1.88. The monoisotopic (exact) mass is 370 g/mol. The number of nitrogens with zero attached hydrogens (tertiary/aromatic N) is 3. The van der Waals surface area contributed by atoms with E-state index in [-0.39, 0.29) is 5.84 Å². The second-order valence-corrected chi connectivity index (χ2v) is 5.92. The molecule has 0 amide bonds. The van der Waals surface area contributed by atoms with Gasteiger partial charge in [-0.15, -0.1) is 0 Å². The van der Waals surface area contributed by atoms with Crippen molar-refractivity contribution in [2.24, 2.45) is 4.99 Å². The van der Waals surface area contributed by atoms with Crippen LogP contribution in [0.2, 0.25) is 0 Å². The van der Waals surface area contributed by atoms with Gasteiger partial charge in [0.25, 0.3) is 5.56 Å². The van der Waals surface area contributed by atoms with Crippen LogP contribution in [0, 0.1) is 0 Å². The van der Waals surface area contributed by atoms with E-state index < -0.39 is 41.9 Å². The van der Waals surface area contributed by atoms with Crippen LogP contribution in [0.5, 0.6) is 0 Å². The Balaban J connectivity index is 2.80. The van der Waals surface area contributed by atoms with Gasteiger partial charge in [0, 0.05) is 31.9 Å². The molecule has 146 valence electrons. The Bertz CT molecular complexity index is 756. The average Bonchev–Trinajstić information content (AvgIpc) is 2.87. The number of likely N-dealkylation sites (N-methyl/N-ethyl adjacent to an activating group) is 1. The van der Waals surface area contributed by atoms with Crippen molar-refractivity contribution in [2.45, 2.75) is 44.8 Å². The molecule has 0 aliphatic carbocycles. The number of aromatic nitrogens is 2. The summed E-state index contributed by atoms with van der Waals surface area (Å²) in [4.78, 5) is 32.3. The van der Waals surface area contributed by atoms with E-state index in [1.165, 1.54) is 6.20 Å². The van der Waals surface area contributed by atoms with E-state index in [4.69, 9.17) is 4.74 Å². The van der Waals surface area contributed by atoms with Gasteiger partial charge < -0.3 is 25.0 Å². The highest BCUT2D eigenvalue weighted by atomic mass is 16.6. The number of hydrogen-bond donors (Lipinski definition) is 4. The second-order valence-electron chi connectivity index (χ2n) is 5.92. The summed E-state index contributed by atoms with van der Waals surface area (Å²) in [7, 11) is 0. The molecule has 2 heterocycles. The zero-order valence-electron chi connectivity index (χ0n) is 15.1. The number of aliphatic imine (C=N–C) groups is 1. The van der Waals surface area contributed by atoms with Gasteiger partial charge in [0.2, 0.25) is 5.72 Å². The molecule has 10 heteroatoms. The molecule has 0 aromatic carbocycles. The number of nitrogens with one attached hydrogen (secondary N) is 1. The highest BCUT2D eigenvalue weighted by Gasteiger charge is 2.60. The zero-order valence-corrected chi connectivity index (χ0v) is 15.1. The topological polar surface area (TPSA) is 140 Å². The van der Waals surface area contributed by atoms with Crippen LogP contribution in [-0.4, -0.2) is 80.2 Å². The van der Waals surface area contributed by atoms with Gasteiger partial charge in [-0.25, -0.2) is 4.79 Å². The van der Waals surface area contributed by atoms with Crippen molar-refractivity contribution in [3.8, 4) is 0 Å². The first kappa shape index (κ1) is 20.3. The molecule has 1 aromatic rings. The first-order valence-corrected chi connectivity index (χ1v) is 8.64. The maximum Gasteiger partial charge on any atom is 0.331 e. The van der Waals surface area contributed by atoms with Crippen molar-refractivity contribution in [3.63, 3.8) is 0 Å². The number of aliphatic hydroxyl groups excluding tert-OH is 3. The number of rotatable bonds is 6. The van der Waals surface area contributed by atoms with Gasteiger partial charge in [-0.2, -0.15) is 0 Å². The first-order chi connectivity index (χ1) is 12.4. The molecule has 0 spiro atoms. The lowest BCUT2D eigenvalue weighted by Crippen LogP contribution is -2.61. The summed E-state index contributed by atoms with van der Waals surface area (Å²) in [6.45, 7) is 6.32. The van der Waals surface area contributed by atoms with E-state index in [0.29, 0.717) is 19.6 Å². The van der Waals surface area contributed by atoms with E-state index in [2.05, 4.69) is 9.98 Å². The first-order valence-electron chi connectivity index (χ1n) is 8.64. The van der Waals surface area contributed by atoms with Crippen LogP contribution in [0.3, 0.4) is 0 Å². The average molecular weight is 370 g/mol. The van der Waals surface area contributed by atoms with Crippen molar-refractivity contribution >= 4 is 5.84 Å². The summed E-state index contributed by atoms with van der Waals surface area (Å²) in [6.07, 6.45) is -2.97. The summed E-state index contributed by atoms with van der Waals surface area (Å²) < 4.78 is 6.85. The molecule has 0 bridgehead atoms. The van der Waals surface area contributed by atoms with Gasteiger partial charge in [-0.05, 0) is 20.8 Å². The van der Waals surface area contributed by atoms with Gasteiger partial charge in [0.15, 0.2) is 5.84 Å². The lowest BCUT2D eigenvalue weighted by Gasteiger charge is -2.39. The summed E-state index contributed by atoms with van der Waals surface area (Å²) >= 11 is 0. The zero-order chi connectivity index (χ0) is 19.5. The molecule has 1 fully saturated rings. The molecule has 1 aromatic heterocycles. The van der Waals surface area contributed by atoms with E-state index in [9.17, 15) is 24.9 Å². The Morgan fingerprint density at radius 2 is 2.00 bits per heavy atom. The van der Waals surface area contributed by atoms with Crippen molar-refractivity contribution < 1.29 is 20.1 Å². The van der Waals surface area contributed by atoms with Crippen LogP contribution in [0.25, 0.3) is 0 Å². The largest absolute Gasteiger partial charge is 0.394 e. The molecule has 1 saturated heterocycles. The molecule has 0 saturated carbocycles. The molecule has 1 aliphatic heterocycles. The number of H-pyrrole nitrogens is 1. The third kappa shape index (κ3) is 3.20. The highest BCUT2D eigenvalue weighted by molar-refractivity contribution is 5.90. The van der Waals surface area contributed by atoms with E-state index in [1.807, 2.05) is 13.8 Å². The number of ether oxygens (including phenoxy) is 1. The lowest BCUT2D eigenvalue weighted by molar-refractivity contribution is -0.106. The fraction of sp³-hybridized carbons (Fsp3) is 0.688. The number of hydrogen-bond acceptors (Lipinski definition) is 7. The summed E-state index contributed by atoms with van der Waals surface area (Å²) in [6, 6.07) is 1.11. The van der Waals surface area contributed by atoms with Gasteiger partial charge in [-0.1, -0.05) is 0 Å². The smallest absolute Gasteiger partial charge is 0.331 e. The minimum absolute atomic E-state index is 0.238. The molecule has 1 aliphatic rings. The molecule has 0 radical (unpaired) electrons. The van der Waals surface area contributed by atoms with Crippen LogP contribution in [0.4, 0.5) is 0 Å². The van der Waals surface area contributed by atoms with Gasteiger partial charge in [0.05, 0.1) is 6.61 Å². The number of aromatic amines is 1. The Kier molecular flexibility index (Phi) is 6.34. The van der Waals surface area contributed by atoms with E-state index >= 15 is 0 Å². The van der Waals surface area contributed by atoms with E-state index in [1.54, 1.807) is 11.8 Å². The highest BCUT2D eigenvalue weighted by Crippen LogP contribution is 2.37. The third-order valence-electron chi connectivity index (χ3n) is 4.49. The molecule has 4 atom stereocenters. The normalized spacial score (nSPS) is 29.2. The van der Waals surface area contributed by atoms with Crippen molar-refractivity contribution in [1.82, 2.24) is 14.5 Å². The Labute approximate surface area is 150 Å². The van der Waals surface area contributed by atoms with Crippen molar-refractivity contribution in [3.05, 3.63) is 33.1 Å². The second kappa shape index (κ2) is 8.12. The molecular formula is C16H26N4O6. The molecule has 0 unspecified atom stereocenters. The fourth-order valence-electron chi connectivity index (χ4n) is 3.23.